The Hall–Kier alpha value is -1.15. The molecule has 116 valence electrons. The molecule has 0 atom stereocenters. The number of alkyl halides is 3. The van der Waals surface area contributed by atoms with Gasteiger partial charge in [0.05, 0.1) is 16.6 Å². The highest BCUT2D eigenvalue weighted by atomic mass is 79.9. The third-order valence-corrected chi connectivity index (χ3v) is 3.86. The number of piperazine rings is 1. The first-order valence-corrected chi connectivity index (χ1v) is 7.09. The van der Waals surface area contributed by atoms with E-state index in [-0.39, 0.29) is 36.2 Å². The number of hydrogen-bond acceptors (Lipinski definition) is 2. The van der Waals surface area contributed by atoms with Crippen LogP contribution in [0.5, 0.6) is 0 Å². The number of benzene rings is 1. The van der Waals surface area contributed by atoms with E-state index >= 15 is 0 Å². The smallest absolute Gasteiger partial charge is 0.336 e. The molecule has 3 nitrogen and oxygen atoms in total. The Balaban J connectivity index is 1.99. The fraction of sp³-hybridized carbons (Fsp3) is 0.462. The number of nitrogens with zero attached hydrogens (tertiary/aromatic N) is 2. The van der Waals surface area contributed by atoms with Gasteiger partial charge in [-0.15, -0.1) is 0 Å². The van der Waals surface area contributed by atoms with Crippen LogP contribution in [0.3, 0.4) is 0 Å². The summed E-state index contributed by atoms with van der Waals surface area (Å²) in [6.07, 6.45) is -4.25. The molecule has 1 saturated heterocycles. The van der Waals surface area contributed by atoms with Gasteiger partial charge in [0, 0.05) is 26.2 Å². The second-order valence-corrected chi connectivity index (χ2v) is 5.64. The van der Waals surface area contributed by atoms with Gasteiger partial charge in [0.2, 0.25) is 0 Å². The van der Waals surface area contributed by atoms with E-state index in [0.29, 0.717) is 0 Å². The maximum atomic E-state index is 13.9. The number of rotatable bonds is 2. The molecule has 0 N–H and O–H groups in total. The first-order chi connectivity index (χ1) is 9.78. The second-order valence-electron chi connectivity index (χ2n) is 4.78. The van der Waals surface area contributed by atoms with Crippen molar-refractivity contribution in [3.63, 3.8) is 0 Å². The summed E-state index contributed by atoms with van der Waals surface area (Å²) in [4.78, 5) is 14.8. The van der Waals surface area contributed by atoms with Crippen molar-refractivity contribution in [1.82, 2.24) is 9.80 Å². The highest BCUT2D eigenvalue weighted by Crippen LogP contribution is 2.21. The van der Waals surface area contributed by atoms with Gasteiger partial charge in [-0.1, -0.05) is 6.07 Å². The molecule has 0 aliphatic carbocycles. The number of carbonyl (C=O) groups excluding carboxylic acids is 1. The van der Waals surface area contributed by atoms with Crippen LogP contribution in [0.25, 0.3) is 0 Å². The zero-order valence-corrected chi connectivity index (χ0v) is 12.5. The average Bonchev–Trinajstić information content (AvgIpc) is 2.40. The topological polar surface area (TPSA) is 23.6 Å². The number of amides is 1. The quantitative estimate of drug-likeness (QED) is 0.749. The SMILES string of the molecule is O=C(c1cccc(Br)c1F)N1CCN(CC(F)(F)F)CC1. The minimum Gasteiger partial charge on any atom is -0.336 e. The van der Waals surface area contributed by atoms with Crippen LogP contribution in [0, 0.1) is 5.82 Å². The van der Waals surface area contributed by atoms with Crippen molar-refractivity contribution >= 4 is 21.8 Å². The van der Waals surface area contributed by atoms with E-state index in [1.54, 1.807) is 6.07 Å². The van der Waals surface area contributed by atoms with Crippen molar-refractivity contribution in [2.24, 2.45) is 0 Å². The summed E-state index contributed by atoms with van der Waals surface area (Å²) in [5.41, 5.74) is -0.0753. The maximum absolute atomic E-state index is 13.9. The molecule has 21 heavy (non-hydrogen) atoms. The summed E-state index contributed by atoms with van der Waals surface area (Å²) in [6, 6.07) is 4.39. The minimum absolute atomic E-state index is 0.0753. The lowest BCUT2D eigenvalue weighted by Crippen LogP contribution is -2.51. The maximum Gasteiger partial charge on any atom is 0.401 e. The normalized spacial score (nSPS) is 17.1. The zero-order valence-electron chi connectivity index (χ0n) is 11.0. The number of hydrogen-bond donors (Lipinski definition) is 0. The summed E-state index contributed by atoms with van der Waals surface area (Å²) in [5.74, 6) is -1.15. The number of halogens is 5. The Labute approximate surface area is 127 Å². The molecule has 0 radical (unpaired) electrons. The fourth-order valence-corrected chi connectivity index (χ4v) is 2.57. The molecule has 1 amide bonds. The average molecular weight is 369 g/mol. The highest BCUT2D eigenvalue weighted by molar-refractivity contribution is 9.10. The lowest BCUT2D eigenvalue weighted by Gasteiger charge is -2.35. The van der Waals surface area contributed by atoms with Crippen LogP contribution in [0.4, 0.5) is 17.6 Å². The summed E-state index contributed by atoms with van der Waals surface area (Å²) >= 11 is 3.00. The molecular formula is C13H13BrF4N2O. The van der Waals surface area contributed by atoms with E-state index in [9.17, 15) is 22.4 Å². The van der Waals surface area contributed by atoms with Crippen molar-refractivity contribution in [1.29, 1.82) is 0 Å². The molecule has 1 heterocycles. The van der Waals surface area contributed by atoms with Gasteiger partial charge in [0.25, 0.3) is 5.91 Å². The van der Waals surface area contributed by atoms with Gasteiger partial charge in [-0.25, -0.2) is 4.39 Å². The standard InChI is InChI=1S/C13H13BrF4N2O/c14-10-3-1-2-9(11(10)15)12(21)20-6-4-19(5-7-20)8-13(16,17)18/h1-3H,4-8H2. The second kappa shape index (κ2) is 6.31. The molecule has 1 aromatic rings. The Morgan fingerprint density at radius 2 is 1.81 bits per heavy atom. The van der Waals surface area contributed by atoms with Gasteiger partial charge in [-0.05, 0) is 28.1 Å². The fourth-order valence-electron chi connectivity index (χ4n) is 2.20. The van der Waals surface area contributed by atoms with Gasteiger partial charge in [-0.3, -0.25) is 9.69 Å². The third-order valence-electron chi connectivity index (χ3n) is 3.24. The van der Waals surface area contributed by atoms with Crippen LogP contribution in [0.2, 0.25) is 0 Å². The molecule has 1 aliphatic rings. The van der Waals surface area contributed by atoms with Crippen molar-refractivity contribution in [3.05, 3.63) is 34.1 Å². The molecule has 0 unspecified atom stereocenters. The van der Waals surface area contributed by atoms with E-state index in [1.807, 2.05) is 0 Å². The highest BCUT2D eigenvalue weighted by Gasteiger charge is 2.33. The summed E-state index contributed by atoms with van der Waals surface area (Å²) in [7, 11) is 0. The van der Waals surface area contributed by atoms with Crippen molar-refractivity contribution < 1.29 is 22.4 Å². The Bertz CT molecular complexity index is 527. The summed E-state index contributed by atoms with van der Waals surface area (Å²) in [5, 5.41) is 0. The van der Waals surface area contributed by atoms with Gasteiger partial charge < -0.3 is 4.90 Å². The van der Waals surface area contributed by atoms with Gasteiger partial charge in [0.15, 0.2) is 0 Å². The largest absolute Gasteiger partial charge is 0.401 e. The predicted octanol–water partition coefficient (Wildman–Crippen LogP) is 2.91. The lowest BCUT2D eigenvalue weighted by atomic mass is 10.1. The first kappa shape index (κ1) is 16.2. The monoisotopic (exact) mass is 368 g/mol. The zero-order chi connectivity index (χ0) is 15.6. The minimum atomic E-state index is -4.25. The van der Waals surface area contributed by atoms with Crippen molar-refractivity contribution in [3.8, 4) is 0 Å². The van der Waals surface area contributed by atoms with E-state index in [2.05, 4.69) is 15.9 Å². The van der Waals surface area contributed by atoms with E-state index in [4.69, 9.17) is 0 Å². The van der Waals surface area contributed by atoms with Crippen LogP contribution in [-0.4, -0.2) is 54.6 Å². The van der Waals surface area contributed by atoms with Gasteiger partial charge in [0.1, 0.15) is 5.82 Å². The molecular weight excluding hydrogens is 356 g/mol. The molecule has 1 aliphatic heterocycles. The van der Waals surface area contributed by atoms with Crippen LogP contribution in [-0.2, 0) is 0 Å². The Morgan fingerprint density at radius 3 is 2.38 bits per heavy atom. The van der Waals surface area contributed by atoms with Crippen LogP contribution in [0.1, 0.15) is 10.4 Å². The molecule has 1 fully saturated rings. The Kier molecular flexibility index (Phi) is 4.88. The molecule has 8 heteroatoms. The van der Waals surface area contributed by atoms with Crippen molar-refractivity contribution in [2.75, 3.05) is 32.7 Å². The predicted molar refractivity (Wildman–Crippen MR) is 72.5 cm³/mol. The van der Waals surface area contributed by atoms with Crippen LogP contribution in [0.15, 0.2) is 22.7 Å². The Morgan fingerprint density at radius 1 is 1.19 bits per heavy atom. The summed E-state index contributed by atoms with van der Waals surface area (Å²) < 4.78 is 50.9. The van der Waals surface area contributed by atoms with E-state index in [1.165, 1.54) is 21.9 Å². The molecule has 0 bridgehead atoms. The molecule has 2 rings (SSSR count). The molecule has 1 aromatic carbocycles. The van der Waals surface area contributed by atoms with E-state index < -0.39 is 24.4 Å². The summed E-state index contributed by atoms with van der Waals surface area (Å²) in [6.45, 7) is -0.427. The van der Waals surface area contributed by atoms with E-state index in [0.717, 1.165) is 0 Å². The lowest BCUT2D eigenvalue weighted by molar-refractivity contribution is -0.148. The van der Waals surface area contributed by atoms with Gasteiger partial charge in [-0.2, -0.15) is 13.2 Å². The number of carbonyl (C=O) groups is 1. The molecule has 0 spiro atoms. The molecule has 0 saturated carbocycles. The first-order valence-electron chi connectivity index (χ1n) is 6.30. The van der Waals surface area contributed by atoms with Crippen LogP contribution >= 0.6 is 15.9 Å². The van der Waals surface area contributed by atoms with Crippen molar-refractivity contribution in [2.45, 2.75) is 6.18 Å². The molecule has 0 aromatic heterocycles. The van der Waals surface area contributed by atoms with Gasteiger partial charge >= 0.3 is 6.18 Å². The third kappa shape index (κ3) is 4.16. The van der Waals surface area contributed by atoms with Crippen LogP contribution < -0.4 is 0 Å².